The van der Waals surface area contributed by atoms with E-state index in [-0.39, 0.29) is 6.09 Å². The number of amides is 1. The van der Waals surface area contributed by atoms with Crippen LogP contribution in [-0.2, 0) is 9.47 Å². The zero-order valence-electron chi connectivity index (χ0n) is 9.61. The highest BCUT2D eigenvalue weighted by molar-refractivity contribution is 5.67. The fraction of sp³-hybridized carbons (Fsp3) is 0.909. The van der Waals surface area contributed by atoms with Crippen molar-refractivity contribution in [1.29, 1.82) is 0 Å². The van der Waals surface area contributed by atoms with Crippen molar-refractivity contribution in [3.63, 3.8) is 0 Å². The van der Waals surface area contributed by atoms with Gasteiger partial charge in [0.25, 0.3) is 0 Å². The van der Waals surface area contributed by atoms with Crippen molar-refractivity contribution in [2.75, 3.05) is 39.5 Å². The van der Waals surface area contributed by atoms with Crippen molar-refractivity contribution >= 4 is 6.09 Å². The fourth-order valence-corrected chi connectivity index (χ4v) is 2.08. The van der Waals surface area contributed by atoms with Crippen LogP contribution in [0.2, 0.25) is 0 Å². The smallest absolute Gasteiger partial charge is 0.409 e. The van der Waals surface area contributed by atoms with Crippen LogP contribution in [0.5, 0.6) is 0 Å². The van der Waals surface area contributed by atoms with E-state index in [1.165, 1.54) is 12.8 Å². The maximum atomic E-state index is 11.7. The van der Waals surface area contributed by atoms with Crippen LogP contribution < -0.4 is 5.32 Å². The first kappa shape index (κ1) is 11.7. The summed E-state index contributed by atoms with van der Waals surface area (Å²) in [5.41, 5.74) is 0. The third kappa shape index (κ3) is 3.35. The van der Waals surface area contributed by atoms with E-state index >= 15 is 0 Å². The van der Waals surface area contributed by atoms with E-state index in [1.807, 2.05) is 0 Å². The minimum atomic E-state index is -0.198. The molecule has 2 saturated heterocycles. The average molecular weight is 228 g/mol. The first-order valence-electron chi connectivity index (χ1n) is 6.09. The average Bonchev–Trinajstić information content (AvgIpc) is 2.38. The molecule has 0 aromatic heterocycles. The van der Waals surface area contributed by atoms with Gasteiger partial charge in [0.15, 0.2) is 0 Å². The Balaban J connectivity index is 1.65. The quantitative estimate of drug-likeness (QED) is 0.752. The largest absolute Gasteiger partial charge is 0.448 e. The number of nitrogens with one attached hydrogen (secondary N) is 1. The SMILES string of the molecule is O=C(OCC1CCCCN1)N1CCOCC1. The zero-order valence-corrected chi connectivity index (χ0v) is 9.61. The molecule has 92 valence electrons. The van der Waals surface area contributed by atoms with Crippen LogP contribution in [0, 0.1) is 0 Å². The second-order valence-corrected chi connectivity index (χ2v) is 4.32. The lowest BCUT2D eigenvalue weighted by Crippen LogP contribution is -2.44. The zero-order chi connectivity index (χ0) is 11.2. The summed E-state index contributed by atoms with van der Waals surface area (Å²) in [4.78, 5) is 13.4. The van der Waals surface area contributed by atoms with Crippen molar-refractivity contribution in [3.8, 4) is 0 Å². The third-order valence-electron chi connectivity index (χ3n) is 3.09. The van der Waals surface area contributed by atoms with Crippen LogP contribution in [0.4, 0.5) is 4.79 Å². The molecule has 0 aromatic carbocycles. The van der Waals surface area contributed by atoms with Crippen LogP contribution in [0.1, 0.15) is 19.3 Å². The molecule has 0 bridgehead atoms. The maximum absolute atomic E-state index is 11.7. The van der Waals surface area contributed by atoms with Gasteiger partial charge in [-0.1, -0.05) is 6.42 Å². The van der Waals surface area contributed by atoms with Gasteiger partial charge >= 0.3 is 6.09 Å². The molecule has 2 rings (SSSR count). The number of nitrogens with zero attached hydrogens (tertiary/aromatic N) is 1. The van der Waals surface area contributed by atoms with Crippen LogP contribution in [0.15, 0.2) is 0 Å². The van der Waals surface area contributed by atoms with Crippen LogP contribution >= 0.6 is 0 Å². The summed E-state index contributed by atoms with van der Waals surface area (Å²) in [5, 5.41) is 3.36. The van der Waals surface area contributed by atoms with Gasteiger partial charge in [-0.15, -0.1) is 0 Å². The van der Waals surface area contributed by atoms with Crippen molar-refractivity contribution in [1.82, 2.24) is 10.2 Å². The first-order chi connectivity index (χ1) is 7.86. The molecule has 1 unspecified atom stereocenters. The lowest BCUT2D eigenvalue weighted by Gasteiger charge is -2.28. The maximum Gasteiger partial charge on any atom is 0.409 e. The molecule has 0 saturated carbocycles. The molecule has 1 N–H and O–H groups in total. The van der Waals surface area contributed by atoms with Gasteiger partial charge < -0.3 is 19.7 Å². The van der Waals surface area contributed by atoms with Gasteiger partial charge in [0.1, 0.15) is 6.61 Å². The second kappa shape index (κ2) is 6.06. The van der Waals surface area contributed by atoms with Crippen LogP contribution in [0.3, 0.4) is 0 Å². The van der Waals surface area contributed by atoms with Crippen molar-refractivity contribution in [3.05, 3.63) is 0 Å². The highest BCUT2D eigenvalue weighted by atomic mass is 16.6. The molecule has 2 aliphatic rings. The molecule has 1 amide bonds. The number of hydrogen-bond donors (Lipinski definition) is 1. The summed E-state index contributed by atoms with van der Waals surface area (Å²) in [6, 6.07) is 0.346. The Morgan fingerprint density at radius 1 is 1.38 bits per heavy atom. The molecule has 1 atom stereocenters. The Bertz CT molecular complexity index is 223. The lowest BCUT2D eigenvalue weighted by atomic mass is 10.1. The summed E-state index contributed by atoms with van der Waals surface area (Å²) in [7, 11) is 0. The van der Waals surface area contributed by atoms with Gasteiger partial charge in [0, 0.05) is 19.1 Å². The Morgan fingerprint density at radius 3 is 2.88 bits per heavy atom. The molecule has 0 aromatic rings. The minimum Gasteiger partial charge on any atom is -0.448 e. The lowest BCUT2D eigenvalue weighted by molar-refractivity contribution is 0.0238. The molecule has 2 aliphatic heterocycles. The Kier molecular flexibility index (Phi) is 4.42. The summed E-state index contributed by atoms with van der Waals surface area (Å²) in [5.74, 6) is 0. The number of morpholine rings is 1. The normalized spacial score (nSPS) is 26.5. The number of hydrogen-bond acceptors (Lipinski definition) is 4. The van der Waals surface area contributed by atoms with E-state index in [1.54, 1.807) is 4.90 Å². The number of carbonyl (C=O) groups is 1. The topological polar surface area (TPSA) is 50.8 Å². The number of piperidine rings is 1. The van der Waals surface area contributed by atoms with Gasteiger partial charge in [-0.05, 0) is 19.4 Å². The van der Waals surface area contributed by atoms with Crippen LogP contribution in [0.25, 0.3) is 0 Å². The number of ether oxygens (including phenoxy) is 2. The summed E-state index contributed by atoms with van der Waals surface area (Å²) in [6.07, 6.45) is 3.37. The van der Waals surface area contributed by atoms with E-state index in [0.717, 1.165) is 13.0 Å². The van der Waals surface area contributed by atoms with Crippen molar-refractivity contribution < 1.29 is 14.3 Å². The number of carbonyl (C=O) groups excluding carboxylic acids is 1. The third-order valence-corrected chi connectivity index (χ3v) is 3.09. The predicted octanol–water partition coefficient (Wildman–Crippen LogP) is 0.597. The Hall–Kier alpha value is -0.810. The molecular weight excluding hydrogens is 208 g/mol. The molecule has 0 spiro atoms. The molecule has 5 heteroatoms. The Labute approximate surface area is 96.1 Å². The van der Waals surface area contributed by atoms with Gasteiger partial charge in [-0.25, -0.2) is 4.79 Å². The molecule has 0 radical (unpaired) electrons. The van der Waals surface area contributed by atoms with E-state index in [0.29, 0.717) is 39.0 Å². The van der Waals surface area contributed by atoms with E-state index in [9.17, 15) is 4.79 Å². The standard InChI is InChI=1S/C11H20N2O3/c14-11(13-5-7-15-8-6-13)16-9-10-3-1-2-4-12-10/h10,12H,1-9H2. The van der Waals surface area contributed by atoms with Gasteiger partial charge in [0.05, 0.1) is 13.2 Å². The summed E-state index contributed by atoms with van der Waals surface area (Å²) >= 11 is 0. The van der Waals surface area contributed by atoms with E-state index in [2.05, 4.69) is 5.32 Å². The molecule has 2 fully saturated rings. The summed E-state index contributed by atoms with van der Waals surface area (Å²) in [6.45, 7) is 4.08. The number of rotatable bonds is 2. The van der Waals surface area contributed by atoms with Gasteiger partial charge in [0.2, 0.25) is 0 Å². The molecule has 5 nitrogen and oxygen atoms in total. The van der Waals surface area contributed by atoms with E-state index in [4.69, 9.17) is 9.47 Å². The van der Waals surface area contributed by atoms with Crippen molar-refractivity contribution in [2.24, 2.45) is 0 Å². The highest BCUT2D eigenvalue weighted by Gasteiger charge is 2.20. The van der Waals surface area contributed by atoms with Crippen molar-refractivity contribution in [2.45, 2.75) is 25.3 Å². The fourth-order valence-electron chi connectivity index (χ4n) is 2.08. The molecule has 2 heterocycles. The van der Waals surface area contributed by atoms with E-state index < -0.39 is 0 Å². The molecule has 0 aliphatic carbocycles. The van der Waals surface area contributed by atoms with Gasteiger partial charge in [-0.3, -0.25) is 0 Å². The monoisotopic (exact) mass is 228 g/mol. The van der Waals surface area contributed by atoms with Crippen LogP contribution in [-0.4, -0.2) is 56.5 Å². The second-order valence-electron chi connectivity index (χ2n) is 4.32. The minimum absolute atomic E-state index is 0.198. The van der Waals surface area contributed by atoms with Gasteiger partial charge in [-0.2, -0.15) is 0 Å². The highest BCUT2D eigenvalue weighted by Crippen LogP contribution is 2.08. The molecule has 16 heavy (non-hydrogen) atoms. The molecular formula is C11H20N2O3. The Morgan fingerprint density at radius 2 is 2.19 bits per heavy atom. The predicted molar refractivity (Wildman–Crippen MR) is 59.4 cm³/mol. The summed E-state index contributed by atoms with van der Waals surface area (Å²) < 4.78 is 10.5. The first-order valence-corrected chi connectivity index (χ1v) is 6.09.